The molecule has 2 rings (SSSR count). The van der Waals surface area contributed by atoms with Crippen LogP contribution in [0.5, 0.6) is 0 Å². The number of aryl methyl sites for hydroxylation is 1. The van der Waals surface area contributed by atoms with Crippen molar-refractivity contribution in [3.63, 3.8) is 0 Å². The van der Waals surface area contributed by atoms with Gasteiger partial charge in [-0.3, -0.25) is 4.90 Å². The largest absolute Gasteiger partial charge is 0.354 e. The Bertz CT molecular complexity index is 430. The Morgan fingerprint density at radius 2 is 2.00 bits per heavy atom. The highest BCUT2D eigenvalue weighted by Gasteiger charge is 2.23. The highest BCUT2D eigenvalue weighted by atomic mass is 79.9. The summed E-state index contributed by atoms with van der Waals surface area (Å²) in [6.07, 6.45) is 2.40. The molecule has 1 aromatic rings. The van der Waals surface area contributed by atoms with Gasteiger partial charge in [0.25, 0.3) is 0 Å². The maximum Gasteiger partial charge on any atom is 0.128 e. The predicted molar refractivity (Wildman–Crippen MR) is 88.2 cm³/mol. The normalized spacial score (nSPS) is 18.3. The number of nitrogens with two attached hydrogens (primary N) is 1. The average molecular weight is 341 g/mol. The Morgan fingerprint density at radius 3 is 2.55 bits per heavy atom. The lowest BCUT2D eigenvalue weighted by Gasteiger charge is -2.39. The van der Waals surface area contributed by atoms with Crippen molar-refractivity contribution in [2.24, 2.45) is 5.73 Å². The van der Waals surface area contributed by atoms with Gasteiger partial charge >= 0.3 is 0 Å². The van der Waals surface area contributed by atoms with E-state index in [1.54, 1.807) is 0 Å². The van der Waals surface area contributed by atoms with E-state index in [1.807, 2.05) is 6.92 Å². The van der Waals surface area contributed by atoms with E-state index >= 15 is 0 Å². The summed E-state index contributed by atoms with van der Waals surface area (Å²) in [6, 6.07) is 4.73. The Hall–Kier alpha value is -0.650. The Balaban J connectivity index is 1.95. The van der Waals surface area contributed by atoms with Crippen molar-refractivity contribution in [3.8, 4) is 0 Å². The molecule has 4 nitrogen and oxygen atoms in total. The molecule has 1 aliphatic heterocycles. The fourth-order valence-corrected chi connectivity index (χ4v) is 3.03. The van der Waals surface area contributed by atoms with Gasteiger partial charge in [0.2, 0.25) is 0 Å². The van der Waals surface area contributed by atoms with Gasteiger partial charge in [-0.05, 0) is 41.4 Å². The van der Waals surface area contributed by atoms with Crippen molar-refractivity contribution in [2.45, 2.75) is 32.7 Å². The van der Waals surface area contributed by atoms with Crippen LogP contribution in [0.3, 0.4) is 0 Å². The van der Waals surface area contributed by atoms with Crippen molar-refractivity contribution < 1.29 is 0 Å². The summed E-state index contributed by atoms with van der Waals surface area (Å²) in [6.45, 7) is 9.27. The van der Waals surface area contributed by atoms with E-state index in [-0.39, 0.29) is 0 Å². The van der Waals surface area contributed by atoms with E-state index in [2.05, 4.69) is 49.8 Å². The third-order valence-corrected chi connectivity index (χ3v) is 4.89. The topological polar surface area (TPSA) is 45.4 Å². The molecule has 2 heterocycles. The van der Waals surface area contributed by atoms with E-state index in [1.165, 1.54) is 12.8 Å². The van der Waals surface area contributed by atoms with Crippen LogP contribution in [0.4, 0.5) is 5.82 Å². The summed E-state index contributed by atoms with van der Waals surface area (Å²) in [5.74, 6) is 1.09. The van der Waals surface area contributed by atoms with Crippen molar-refractivity contribution >= 4 is 21.7 Å². The van der Waals surface area contributed by atoms with Crippen molar-refractivity contribution in [1.82, 2.24) is 9.88 Å². The van der Waals surface area contributed by atoms with E-state index in [0.717, 1.165) is 48.7 Å². The maximum atomic E-state index is 5.90. The number of rotatable bonds is 5. The van der Waals surface area contributed by atoms with Crippen LogP contribution >= 0.6 is 15.9 Å². The smallest absolute Gasteiger partial charge is 0.128 e. The zero-order chi connectivity index (χ0) is 14.5. The third-order valence-electron chi connectivity index (χ3n) is 4.06. The SMILES string of the molecule is CCCC(CN)N1CCN(c2ccc(Br)c(C)n2)CC1. The van der Waals surface area contributed by atoms with Crippen LogP contribution in [-0.4, -0.2) is 48.6 Å². The molecule has 0 amide bonds. The molecular formula is C15H25BrN4. The number of anilines is 1. The molecular weight excluding hydrogens is 316 g/mol. The summed E-state index contributed by atoms with van der Waals surface area (Å²) >= 11 is 3.51. The van der Waals surface area contributed by atoms with E-state index in [9.17, 15) is 0 Å². The molecule has 2 N–H and O–H groups in total. The minimum atomic E-state index is 0.543. The van der Waals surface area contributed by atoms with Gasteiger partial charge in [0.1, 0.15) is 5.82 Å². The number of aromatic nitrogens is 1. The lowest BCUT2D eigenvalue weighted by molar-refractivity contribution is 0.179. The van der Waals surface area contributed by atoms with Gasteiger partial charge in [-0.25, -0.2) is 4.98 Å². The second kappa shape index (κ2) is 7.38. The van der Waals surface area contributed by atoms with Crippen LogP contribution in [-0.2, 0) is 0 Å². The van der Waals surface area contributed by atoms with Gasteiger partial charge < -0.3 is 10.6 Å². The zero-order valence-corrected chi connectivity index (χ0v) is 14.1. The van der Waals surface area contributed by atoms with Gasteiger partial charge in [0.15, 0.2) is 0 Å². The molecule has 1 aliphatic rings. The predicted octanol–water partition coefficient (Wildman–Crippen LogP) is 2.40. The Morgan fingerprint density at radius 1 is 1.30 bits per heavy atom. The van der Waals surface area contributed by atoms with Crippen molar-refractivity contribution in [3.05, 3.63) is 22.3 Å². The van der Waals surface area contributed by atoms with Gasteiger partial charge in [-0.1, -0.05) is 13.3 Å². The first-order valence-electron chi connectivity index (χ1n) is 7.48. The highest BCUT2D eigenvalue weighted by Crippen LogP contribution is 2.21. The summed E-state index contributed by atoms with van der Waals surface area (Å²) in [4.78, 5) is 9.56. The molecule has 0 bridgehead atoms. The molecule has 1 atom stereocenters. The molecule has 0 radical (unpaired) electrons. The molecule has 0 aromatic carbocycles. The van der Waals surface area contributed by atoms with Gasteiger partial charge in [0.05, 0.1) is 5.69 Å². The van der Waals surface area contributed by atoms with Crippen LogP contribution in [0, 0.1) is 6.92 Å². The molecule has 0 aliphatic carbocycles. The number of halogens is 1. The first-order valence-corrected chi connectivity index (χ1v) is 8.27. The third kappa shape index (κ3) is 3.71. The molecule has 1 saturated heterocycles. The number of hydrogen-bond donors (Lipinski definition) is 1. The Kier molecular flexibility index (Phi) is 5.81. The zero-order valence-electron chi connectivity index (χ0n) is 12.5. The number of hydrogen-bond acceptors (Lipinski definition) is 4. The molecule has 5 heteroatoms. The van der Waals surface area contributed by atoms with Gasteiger partial charge in [-0.2, -0.15) is 0 Å². The molecule has 1 unspecified atom stereocenters. The van der Waals surface area contributed by atoms with Gasteiger partial charge in [0, 0.05) is 43.2 Å². The standard InChI is InChI=1S/C15H25BrN4/c1-3-4-13(11-17)19-7-9-20(10-8-19)15-6-5-14(16)12(2)18-15/h5-6,13H,3-4,7-11,17H2,1-2H3. The van der Waals surface area contributed by atoms with E-state index < -0.39 is 0 Å². The second-order valence-electron chi connectivity index (χ2n) is 5.44. The van der Waals surface area contributed by atoms with Gasteiger partial charge in [-0.15, -0.1) is 0 Å². The van der Waals surface area contributed by atoms with Crippen molar-refractivity contribution in [1.29, 1.82) is 0 Å². The van der Waals surface area contributed by atoms with E-state index in [4.69, 9.17) is 5.73 Å². The van der Waals surface area contributed by atoms with Crippen LogP contribution in [0.2, 0.25) is 0 Å². The van der Waals surface area contributed by atoms with Crippen LogP contribution < -0.4 is 10.6 Å². The first-order chi connectivity index (χ1) is 9.65. The summed E-state index contributed by atoms with van der Waals surface area (Å²) in [5, 5.41) is 0. The summed E-state index contributed by atoms with van der Waals surface area (Å²) in [7, 11) is 0. The quantitative estimate of drug-likeness (QED) is 0.893. The fourth-order valence-electron chi connectivity index (χ4n) is 2.81. The fraction of sp³-hybridized carbons (Fsp3) is 0.667. The summed E-state index contributed by atoms with van der Waals surface area (Å²) in [5.41, 5.74) is 6.95. The molecule has 20 heavy (non-hydrogen) atoms. The molecule has 1 fully saturated rings. The summed E-state index contributed by atoms with van der Waals surface area (Å²) < 4.78 is 1.08. The Labute approximate surface area is 130 Å². The molecule has 1 aromatic heterocycles. The van der Waals surface area contributed by atoms with Crippen LogP contribution in [0.1, 0.15) is 25.5 Å². The van der Waals surface area contributed by atoms with Crippen molar-refractivity contribution in [2.75, 3.05) is 37.6 Å². The molecule has 0 spiro atoms. The molecule has 0 saturated carbocycles. The number of piperazine rings is 1. The maximum absolute atomic E-state index is 5.90. The minimum Gasteiger partial charge on any atom is -0.354 e. The lowest BCUT2D eigenvalue weighted by atomic mass is 10.1. The first kappa shape index (κ1) is 15.7. The van der Waals surface area contributed by atoms with Crippen LogP contribution in [0.25, 0.3) is 0 Å². The number of nitrogens with zero attached hydrogens (tertiary/aromatic N) is 3. The monoisotopic (exact) mass is 340 g/mol. The second-order valence-corrected chi connectivity index (χ2v) is 6.29. The minimum absolute atomic E-state index is 0.543. The lowest BCUT2D eigenvalue weighted by Crippen LogP contribution is -2.52. The van der Waals surface area contributed by atoms with E-state index in [0.29, 0.717) is 6.04 Å². The number of pyridine rings is 1. The van der Waals surface area contributed by atoms with Crippen LogP contribution in [0.15, 0.2) is 16.6 Å². The highest BCUT2D eigenvalue weighted by molar-refractivity contribution is 9.10. The molecule has 112 valence electrons. The average Bonchev–Trinajstić information content (AvgIpc) is 2.48.